The van der Waals surface area contributed by atoms with Gasteiger partial charge in [0.15, 0.2) is 0 Å². The minimum Gasteiger partial charge on any atom is -0.508 e. The SMILES string of the molecule is Cc1cc(NC(=O)C2NCCC2C)c(C)cc1O. The number of aromatic hydroxyl groups is 1. The van der Waals surface area contributed by atoms with Crippen LogP contribution in [-0.2, 0) is 4.79 Å². The number of aryl methyl sites for hydroxylation is 2. The number of nitrogens with one attached hydrogen (secondary N) is 2. The summed E-state index contributed by atoms with van der Waals surface area (Å²) in [5.41, 5.74) is 2.41. The van der Waals surface area contributed by atoms with Crippen molar-refractivity contribution in [3.05, 3.63) is 23.3 Å². The van der Waals surface area contributed by atoms with Gasteiger partial charge >= 0.3 is 0 Å². The van der Waals surface area contributed by atoms with Crippen molar-refractivity contribution in [2.75, 3.05) is 11.9 Å². The second-order valence-electron chi connectivity index (χ2n) is 5.14. The average Bonchev–Trinajstić information content (AvgIpc) is 2.72. The summed E-state index contributed by atoms with van der Waals surface area (Å²) < 4.78 is 0. The van der Waals surface area contributed by atoms with Crippen molar-refractivity contribution >= 4 is 11.6 Å². The number of carbonyl (C=O) groups is 1. The number of phenols is 1. The molecule has 18 heavy (non-hydrogen) atoms. The molecule has 2 atom stereocenters. The predicted octanol–water partition coefficient (Wildman–Crippen LogP) is 1.95. The van der Waals surface area contributed by atoms with E-state index in [0.717, 1.165) is 29.8 Å². The van der Waals surface area contributed by atoms with Crippen molar-refractivity contribution in [2.24, 2.45) is 5.92 Å². The number of amides is 1. The first-order valence-electron chi connectivity index (χ1n) is 6.33. The summed E-state index contributed by atoms with van der Waals surface area (Å²) in [5.74, 6) is 0.634. The maximum atomic E-state index is 12.1. The van der Waals surface area contributed by atoms with Gasteiger partial charge < -0.3 is 15.7 Å². The number of carbonyl (C=O) groups excluding carboxylic acids is 1. The van der Waals surface area contributed by atoms with Crippen molar-refractivity contribution < 1.29 is 9.90 Å². The van der Waals surface area contributed by atoms with Gasteiger partial charge in [-0.05, 0) is 56.0 Å². The monoisotopic (exact) mass is 248 g/mol. The van der Waals surface area contributed by atoms with Crippen LogP contribution in [0.25, 0.3) is 0 Å². The highest BCUT2D eigenvalue weighted by molar-refractivity contribution is 5.96. The van der Waals surface area contributed by atoms with Crippen LogP contribution in [0.2, 0.25) is 0 Å². The summed E-state index contributed by atoms with van der Waals surface area (Å²) in [6.45, 7) is 6.67. The highest BCUT2D eigenvalue weighted by Crippen LogP contribution is 2.25. The number of rotatable bonds is 2. The molecule has 2 rings (SSSR count). The molecule has 4 heteroatoms. The normalized spacial score (nSPS) is 23.1. The smallest absolute Gasteiger partial charge is 0.241 e. The molecule has 4 nitrogen and oxygen atoms in total. The van der Waals surface area contributed by atoms with Gasteiger partial charge in [-0.2, -0.15) is 0 Å². The highest BCUT2D eigenvalue weighted by atomic mass is 16.3. The minimum absolute atomic E-state index is 0.00758. The van der Waals surface area contributed by atoms with Crippen LogP contribution in [0, 0.1) is 19.8 Å². The van der Waals surface area contributed by atoms with E-state index in [-0.39, 0.29) is 17.7 Å². The topological polar surface area (TPSA) is 61.4 Å². The Labute approximate surface area is 107 Å². The van der Waals surface area contributed by atoms with Gasteiger partial charge in [0.05, 0.1) is 6.04 Å². The van der Waals surface area contributed by atoms with E-state index in [4.69, 9.17) is 0 Å². The number of phenolic OH excluding ortho intramolecular Hbond substituents is 1. The Kier molecular flexibility index (Phi) is 3.57. The van der Waals surface area contributed by atoms with E-state index in [1.165, 1.54) is 0 Å². The van der Waals surface area contributed by atoms with Crippen LogP contribution < -0.4 is 10.6 Å². The quantitative estimate of drug-likeness (QED) is 0.701. The number of anilines is 1. The van der Waals surface area contributed by atoms with Crippen molar-refractivity contribution in [2.45, 2.75) is 33.2 Å². The first-order chi connectivity index (χ1) is 8.49. The van der Waals surface area contributed by atoms with Crippen molar-refractivity contribution in [1.82, 2.24) is 5.32 Å². The van der Waals surface area contributed by atoms with Crippen molar-refractivity contribution in [3.63, 3.8) is 0 Å². The molecule has 1 aromatic carbocycles. The molecule has 0 radical (unpaired) electrons. The van der Waals surface area contributed by atoms with Crippen LogP contribution in [0.5, 0.6) is 5.75 Å². The second-order valence-corrected chi connectivity index (χ2v) is 5.14. The summed E-state index contributed by atoms with van der Waals surface area (Å²) in [6, 6.07) is 3.37. The van der Waals surface area contributed by atoms with Crippen molar-refractivity contribution in [3.8, 4) is 5.75 Å². The Morgan fingerprint density at radius 2 is 2.11 bits per heavy atom. The molecular weight excluding hydrogens is 228 g/mol. The van der Waals surface area contributed by atoms with E-state index in [1.807, 2.05) is 19.9 Å². The van der Waals surface area contributed by atoms with Gasteiger partial charge in [-0.3, -0.25) is 4.79 Å². The third-order valence-corrected chi connectivity index (χ3v) is 3.62. The fourth-order valence-electron chi connectivity index (χ4n) is 2.33. The van der Waals surface area contributed by atoms with Crippen LogP contribution >= 0.6 is 0 Å². The minimum atomic E-state index is -0.112. The molecule has 1 aliphatic rings. The largest absolute Gasteiger partial charge is 0.508 e. The van der Waals surface area contributed by atoms with Crippen LogP contribution in [0.3, 0.4) is 0 Å². The van der Waals surface area contributed by atoms with Crippen LogP contribution in [-0.4, -0.2) is 23.6 Å². The lowest BCUT2D eigenvalue weighted by atomic mass is 10.0. The van der Waals surface area contributed by atoms with Crippen molar-refractivity contribution in [1.29, 1.82) is 0 Å². The molecule has 3 N–H and O–H groups in total. The zero-order valence-corrected chi connectivity index (χ0v) is 11.1. The third-order valence-electron chi connectivity index (χ3n) is 3.62. The second kappa shape index (κ2) is 4.98. The van der Waals surface area contributed by atoms with E-state index < -0.39 is 0 Å². The molecule has 0 bridgehead atoms. The van der Waals surface area contributed by atoms with Crippen LogP contribution in [0.1, 0.15) is 24.5 Å². The molecule has 0 saturated carbocycles. The molecule has 1 saturated heterocycles. The molecule has 1 aromatic rings. The number of hydrogen-bond donors (Lipinski definition) is 3. The third kappa shape index (κ3) is 2.48. The maximum Gasteiger partial charge on any atom is 0.241 e. The zero-order valence-electron chi connectivity index (χ0n) is 11.1. The summed E-state index contributed by atoms with van der Waals surface area (Å²) in [5, 5.41) is 15.7. The predicted molar refractivity (Wildman–Crippen MR) is 71.8 cm³/mol. The number of benzene rings is 1. The van der Waals surface area contributed by atoms with Gasteiger partial charge in [-0.15, -0.1) is 0 Å². The molecule has 1 fully saturated rings. The van der Waals surface area contributed by atoms with E-state index in [0.29, 0.717) is 5.92 Å². The van der Waals surface area contributed by atoms with Crippen LogP contribution in [0.4, 0.5) is 5.69 Å². The lowest BCUT2D eigenvalue weighted by Crippen LogP contribution is -2.39. The average molecular weight is 248 g/mol. The van der Waals surface area contributed by atoms with E-state index in [1.54, 1.807) is 6.07 Å². The lowest BCUT2D eigenvalue weighted by molar-refractivity contribution is -0.118. The Morgan fingerprint density at radius 3 is 2.72 bits per heavy atom. The molecule has 1 aliphatic heterocycles. The zero-order chi connectivity index (χ0) is 13.3. The van der Waals surface area contributed by atoms with Gasteiger partial charge in [-0.25, -0.2) is 0 Å². The molecule has 0 spiro atoms. The van der Waals surface area contributed by atoms with Crippen LogP contribution in [0.15, 0.2) is 12.1 Å². The Hall–Kier alpha value is -1.55. The van der Waals surface area contributed by atoms with Gasteiger partial charge in [0.1, 0.15) is 5.75 Å². The first kappa shape index (κ1) is 12.9. The summed E-state index contributed by atoms with van der Waals surface area (Å²) >= 11 is 0. The molecule has 0 aromatic heterocycles. The van der Waals surface area contributed by atoms with Gasteiger partial charge in [0.25, 0.3) is 0 Å². The van der Waals surface area contributed by atoms with Gasteiger partial charge in [0.2, 0.25) is 5.91 Å². The molecule has 2 unspecified atom stereocenters. The molecule has 98 valence electrons. The Bertz CT molecular complexity index is 471. The Balaban J connectivity index is 2.14. The first-order valence-corrected chi connectivity index (χ1v) is 6.33. The maximum absolute atomic E-state index is 12.1. The van der Waals surface area contributed by atoms with E-state index in [9.17, 15) is 9.90 Å². The van der Waals surface area contributed by atoms with Gasteiger partial charge in [0, 0.05) is 5.69 Å². The molecule has 0 aliphatic carbocycles. The van der Waals surface area contributed by atoms with E-state index in [2.05, 4.69) is 17.6 Å². The summed E-state index contributed by atoms with van der Waals surface area (Å²) in [7, 11) is 0. The van der Waals surface area contributed by atoms with Gasteiger partial charge in [-0.1, -0.05) is 6.92 Å². The standard InChI is InChI=1S/C14H20N2O2/c1-8-4-5-15-13(8)14(18)16-11-6-10(3)12(17)7-9(11)2/h6-8,13,15,17H,4-5H2,1-3H3,(H,16,18). The Morgan fingerprint density at radius 1 is 1.39 bits per heavy atom. The molecule has 1 heterocycles. The fraction of sp³-hybridized carbons (Fsp3) is 0.500. The van der Waals surface area contributed by atoms with E-state index >= 15 is 0 Å². The molecule has 1 amide bonds. The number of hydrogen-bond acceptors (Lipinski definition) is 3. The highest BCUT2D eigenvalue weighted by Gasteiger charge is 2.29. The molecular formula is C14H20N2O2. The summed E-state index contributed by atoms with van der Waals surface area (Å²) in [4.78, 5) is 12.1. The summed E-state index contributed by atoms with van der Waals surface area (Å²) in [6.07, 6.45) is 1.03. The fourth-order valence-corrected chi connectivity index (χ4v) is 2.33. The lowest BCUT2D eigenvalue weighted by Gasteiger charge is -2.17.